The van der Waals surface area contributed by atoms with E-state index >= 15 is 0 Å². The van der Waals surface area contributed by atoms with E-state index in [1.807, 2.05) is 0 Å². The summed E-state index contributed by atoms with van der Waals surface area (Å²) in [5.41, 5.74) is 1.52. The Kier molecular flexibility index (Phi) is 5.28. The Morgan fingerprint density at radius 2 is 1.67 bits per heavy atom. The van der Waals surface area contributed by atoms with Gasteiger partial charge in [-0.05, 0) is 48.9 Å². The third-order valence-corrected chi connectivity index (χ3v) is 3.78. The van der Waals surface area contributed by atoms with E-state index in [0.29, 0.717) is 16.8 Å². The minimum Gasteiger partial charge on any atom is -0.335 e. The highest BCUT2D eigenvalue weighted by molar-refractivity contribution is 5.95. The summed E-state index contributed by atoms with van der Waals surface area (Å²) in [5, 5.41) is 2.62. The largest absolute Gasteiger partial charge is 0.335 e. The molecule has 0 aliphatic heterocycles. The van der Waals surface area contributed by atoms with Crippen molar-refractivity contribution in [3.63, 3.8) is 0 Å². The molecule has 0 saturated heterocycles. The van der Waals surface area contributed by atoms with Crippen LogP contribution in [-0.2, 0) is 4.79 Å². The van der Waals surface area contributed by atoms with E-state index in [2.05, 4.69) is 5.32 Å². The molecule has 2 aromatic carbocycles. The van der Waals surface area contributed by atoms with Crippen LogP contribution >= 0.6 is 0 Å². The van der Waals surface area contributed by atoms with Crippen LogP contribution in [0.15, 0.2) is 42.5 Å². The molecule has 2 aromatic rings. The molecule has 0 spiro atoms. The Balaban J connectivity index is 2.15. The van der Waals surface area contributed by atoms with Gasteiger partial charge in [-0.25, -0.2) is 8.78 Å². The summed E-state index contributed by atoms with van der Waals surface area (Å²) in [6, 6.07) is 9.61. The maximum absolute atomic E-state index is 13.4. The Bertz CT molecular complexity index is 760. The summed E-state index contributed by atoms with van der Waals surface area (Å²) in [4.78, 5) is 25.0. The van der Waals surface area contributed by atoms with Crippen molar-refractivity contribution in [2.75, 3.05) is 12.4 Å². The first-order valence-electron chi connectivity index (χ1n) is 7.39. The fourth-order valence-corrected chi connectivity index (χ4v) is 2.27. The Morgan fingerprint density at radius 3 is 2.21 bits per heavy atom. The number of hydrogen-bond acceptors (Lipinski definition) is 2. The number of carbonyl (C=O) groups is 2. The zero-order chi connectivity index (χ0) is 17.9. The average molecular weight is 332 g/mol. The molecule has 4 nitrogen and oxygen atoms in total. The molecule has 2 rings (SSSR count). The van der Waals surface area contributed by atoms with Gasteiger partial charge in [0.05, 0.1) is 6.04 Å². The second-order valence-corrected chi connectivity index (χ2v) is 5.52. The molecule has 1 N–H and O–H groups in total. The van der Waals surface area contributed by atoms with E-state index in [-0.39, 0.29) is 11.8 Å². The lowest BCUT2D eigenvalue weighted by atomic mass is 10.1. The quantitative estimate of drug-likeness (QED) is 0.927. The van der Waals surface area contributed by atoms with E-state index in [9.17, 15) is 18.4 Å². The van der Waals surface area contributed by atoms with Gasteiger partial charge < -0.3 is 10.2 Å². The van der Waals surface area contributed by atoms with Gasteiger partial charge in [0, 0.05) is 25.2 Å². The van der Waals surface area contributed by atoms with Crippen LogP contribution in [0.1, 0.15) is 35.8 Å². The number of amides is 2. The van der Waals surface area contributed by atoms with Crippen LogP contribution in [0.25, 0.3) is 0 Å². The molecule has 0 bridgehead atoms. The highest BCUT2D eigenvalue weighted by atomic mass is 19.2. The van der Waals surface area contributed by atoms with Crippen LogP contribution in [0.5, 0.6) is 0 Å². The minimum atomic E-state index is -0.945. The molecule has 0 saturated carbocycles. The van der Waals surface area contributed by atoms with Crippen LogP contribution in [0.4, 0.5) is 14.5 Å². The number of halogens is 2. The standard InChI is InChI=1S/C18H18F2N2O2/c1-11(14-6-9-16(19)17(20)10-14)22(3)18(24)13-4-7-15(8-5-13)21-12(2)23/h4-11H,1-3H3,(H,21,23)/t11-/m0/s1. The SMILES string of the molecule is CC(=O)Nc1ccc(C(=O)N(C)[C@@H](C)c2ccc(F)c(F)c2)cc1. The summed E-state index contributed by atoms with van der Waals surface area (Å²) in [6.45, 7) is 3.13. The zero-order valence-corrected chi connectivity index (χ0v) is 13.6. The molecule has 0 aromatic heterocycles. The normalized spacial score (nSPS) is 11.7. The van der Waals surface area contributed by atoms with Crippen molar-refractivity contribution in [2.45, 2.75) is 19.9 Å². The summed E-state index contributed by atoms with van der Waals surface area (Å²) in [5.74, 6) is -2.33. The summed E-state index contributed by atoms with van der Waals surface area (Å²) in [7, 11) is 1.59. The highest BCUT2D eigenvalue weighted by Crippen LogP contribution is 2.23. The molecule has 0 radical (unpaired) electrons. The van der Waals surface area contributed by atoms with Gasteiger partial charge in [0.25, 0.3) is 5.91 Å². The lowest BCUT2D eigenvalue weighted by molar-refractivity contribution is -0.114. The van der Waals surface area contributed by atoms with Gasteiger partial charge in [0.2, 0.25) is 5.91 Å². The van der Waals surface area contributed by atoms with Gasteiger partial charge in [0.1, 0.15) is 0 Å². The number of hydrogen-bond donors (Lipinski definition) is 1. The van der Waals surface area contributed by atoms with Gasteiger partial charge in [-0.3, -0.25) is 9.59 Å². The number of carbonyl (C=O) groups excluding carboxylic acids is 2. The van der Waals surface area contributed by atoms with E-state index < -0.39 is 17.7 Å². The summed E-state index contributed by atoms with van der Waals surface area (Å²) < 4.78 is 26.4. The number of rotatable bonds is 4. The summed E-state index contributed by atoms with van der Waals surface area (Å²) >= 11 is 0. The van der Waals surface area contributed by atoms with Crippen molar-refractivity contribution in [1.82, 2.24) is 4.90 Å². The predicted molar refractivity (Wildman–Crippen MR) is 87.6 cm³/mol. The lowest BCUT2D eigenvalue weighted by Crippen LogP contribution is -2.29. The first kappa shape index (κ1) is 17.6. The van der Waals surface area contributed by atoms with Gasteiger partial charge in [0.15, 0.2) is 11.6 Å². The molecule has 24 heavy (non-hydrogen) atoms. The highest BCUT2D eigenvalue weighted by Gasteiger charge is 2.20. The number of anilines is 1. The first-order chi connectivity index (χ1) is 11.3. The van der Waals surface area contributed by atoms with E-state index in [0.717, 1.165) is 12.1 Å². The molecule has 0 unspecified atom stereocenters. The molecule has 0 heterocycles. The summed E-state index contributed by atoms with van der Waals surface area (Å²) in [6.07, 6.45) is 0. The first-order valence-corrected chi connectivity index (χ1v) is 7.39. The molecule has 2 amide bonds. The second-order valence-electron chi connectivity index (χ2n) is 5.52. The van der Waals surface area contributed by atoms with Gasteiger partial charge in [-0.1, -0.05) is 6.07 Å². The number of benzene rings is 2. The van der Waals surface area contributed by atoms with Gasteiger partial charge >= 0.3 is 0 Å². The van der Waals surface area contributed by atoms with Crippen molar-refractivity contribution in [3.8, 4) is 0 Å². The van der Waals surface area contributed by atoms with Gasteiger partial charge in [-0.15, -0.1) is 0 Å². The fourth-order valence-electron chi connectivity index (χ4n) is 2.27. The minimum absolute atomic E-state index is 0.196. The Morgan fingerprint density at radius 1 is 1.04 bits per heavy atom. The van der Waals surface area contributed by atoms with Crippen LogP contribution in [0.2, 0.25) is 0 Å². The van der Waals surface area contributed by atoms with E-state index in [4.69, 9.17) is 0 Å². The monoisotopic (exact) mass is 332 g/mol. The zero-order valence-electron chi connectivity index (χ0n) is 13.6. The topological polar surface area (TPSA) is 49.4 Å². The number of nitrogens with one attached hydrogen (secondary N) is 1. The average Bonchev–Trinajstić information content (AvgIpc) is 2.55. The molecule has 0 aliphatic carbocycles. The van der Waals surface area contributed by atoms with Crippen LogP contribution < -0.4 is 5.32 Å². The van der Waals surface area contributed by atoms with E-state index in [1.54, 1.807) is 38.2 Å². The Hall–Kier alpha value is -2.76. The fraction of sp³-hybridized carbons (Fsp3) is 0.222. The van der Waals surface area contributed by atoms with Crippen molar-refractivity contribution >= 4 is 17.5 Å². The van der Waals surface area contributed by atoms with Crippen molar-refractivity contribution < 1.29 is 18.4 Å². The van der Waals surface area contributed by atoms with Crippen molar-refractivity contribution in [2.24, 2.45) is 0 Å². The number of nitrogens with zero attached hydrogens (tertiary/aromatic N) is 1. The molecule has 6 heteroatoms. The Labute approximate surface area is 139 Å². The predicted octanol–water partition coefficient (Wildman–Crippen LogP) is 3.76. The van der Waals surface area contributed by atoms with Crippen LogP contribution in [0.3, 0.4) is 0 Å². The second kappa shape index (κ2) is 7.21. The van der Waals surface area contributed by atoms with Crippen LogP contribution in [0, 0.1) is 11.6 Å². The third-order valence-electron chi connectivity index (χ3n) is 3.78. The molecular formula is C18H18F2N2O2. The molecule has 0 fully saturated rings. The maximum atomic E-state index is 13.4. The van der Waals surface area contributed by atoms with Crippen LogP contribution in [-0.4, -0.2) is 23.8 Å². The third kappa shape index (κ3) is 3.95. The van der Waals surface area contributed by atoms with Gasteiger partial charge in [-0.2, -0.15) is 0 Å². The lowest BCUT2D eigenvalue weighted by Gasteiger charge is -2.25. The molecule has 0 aliphatic rings. The van der Waals surface area contributed by atoms with Crippen molar-refractivity contribution in [1.29, 1.82) is 0 Å². The molecule has 126 valence electrons. The molecular weight excluding hydrogens is 314 g/mol. The van der Waals surface area contributed by atoms with Crippen molar-refractivity contribution in [3.05, 3.63) is 65.2 Å². The van der Waals surface area contributed by atoms with E-state index in [1.165, 1.54) is 17.9 Å². The smallest absolute Gasteiger partial charge is 0.254 e. The maximum Gasteiger partial charge on any atom is 0.254 e. The molecule has 1 atom stereocenters.